The van der Waals surface area contributed by atoms with Gasteiger partial charge in [0.2, 0.25) is 21.8 Å². The van der Waals surface area contributed by atoms with Gasteiger partial charge in [-0.05, 0) is 55.3 Å². The number of nitrogens with zero attached hydrogens (tertiary/aromatic N) is 2. The molecule has 10 heteroatoms. The summed E-state index contributed by atoms with van der Waals surface area (Å²) >= 11 is 0. The number of halogens is 1. The molecule has 2 aromatic carbocycles. The third kappa shape index (κ3) is 5.17. The molecule has 0 spiro atoms. The van der Waals surface area contributed by atoms with Crippen molar-refractivity contribution >= 4 is 21.8 Å². The largest absolute Gasteiger partial charge is 0.497 e. The molecule has 0 radical (unpaired) electrons. The number of ether oxygens (including phenoxy) is 1. The van der Waals surface area contributed by atoms with Crippen LogP contribution in [0.1, 0.15) is 25.8 Å². The van der Waals surface area contributed by atoms with Gasteiger partial charge in [-0.2, -0.15) is 4.31 Å². The molecule has 0 aromatic heterocycles. The number of nitrogens with one attached hydrogen (secondary N) is 1. The van der Waals surface area contributed by atoms with Crippen LogP contribution in [0.2, 0.25) is 0 Å². The van der Waals surface area contributed by atoms with E-state index in [-0.39, 0.29) is 30.3 Å². The summed E-state index contributed by atoms with van der Waals surface area (Å²) in [6.07, 6.45) is 0.609. The number of hydrogen-bond donors (Lipinski definition) is 1. The molecule has 1 aliphatic rings. The SMILES string of the molecule is CCCN1C(=O)CN(S(=O)(=O)c2ccc(OC)cc2)C[C@]1(C)C(=O)NCc1ccc(F)cc1. The van der Waals surface area contributed by atoms with Gasteiger partial charge in [0.25, 0.3) is 0 Å². The van der Waals surface area contributed by atoms with Gasteiger partial charge in [0, 0.05) is 19.6 Å². The lowest BCUT2D eigenvalue weighted by molar-refractivity contribution is -0.152. The minimum Gasteiger partial charge on any atom is -0.497 e. The van der Waals surface area contributed by atoms with Gasteiger partial charge in [-0.3, -0.25) is 9.59 Å². The Hall–Kier alpha value is -2.98. The van der Waals surface area contributed by atoms with E-state index < -0.39 is 27.4 Å². The van der Waals surface area contributed by atoms with Crippen molar-refractivity contribution in [1.29, 1.82) is 0 Å². The smallest absolute Gasteiger partial charge is 0.247 e. The molecule has 3 rings (SSSR count). The van der Waals surface area contributed by atoms with Crippen molar-refractivity contribution in [1.82, 2.24) is 14.5 Å². The molecule has 1 heterocycles. The predicted octanol–water partition coefficient (Wildman–Crippen LogP) is 2.15. The molecule has 0 unspecified atom stereocenters. The normalized spacial score (nSPS) is 19.4. The van der Waals surface area contributed by atoms with E-state index in [9.17, 15) is 22.4 Å². The molecule has 2 aromatic rings. The van der Waals surface area contributed by atoms with Crippen LogP contribution in [0.15, 0.2) is 53.4 Å². The van der Waals surface area contributed by atoms with Gasteiger partial charge in [0.1, 0.15) is 17.1 Å². The van der Waals surface area contributed by atoms with Crippen molar-refractivity contribution < 1.29 is 27.1 Å². The van der Waals surface area contributed by atoms with Crippen LogP contribution < -0.4 is 10.1 Å². The maximum Gasteiger partial charge on any atom is 0.247 e. The van der Waals surface area contributed by atoms with E-state index >= 15 is 0 Å². The molecule has 8 nitrogen and oxygen atoms in total. The van der Waals surface area contributed by atoms with Crippen LogP contribution in [0.4, 0.5) is 4.39 Å². The molecular weight excluding hydrogens is 449 g/mol. The monoisotopic (exact) mass is 477 g/mol. The van der Waals surface area contributed by atoms with Crippen LogP contribution in [0.3, 0.4) is 0 Å². The fraction of sp³-hybridized carbons (Fsp3) is 0.391. The molecule has 0 saturated carbocycles. The summed E-state index contributed by atoms with van der Waals surface area (Å²) in [6, 6.07) is 11.5. The van der Waals surface area contributed by atoms with Crippen LogP contribution in [0.25, 0.3) is 0 Å². The highest BCUT2D eigenvalue weighted by Gasteiger charge is 2.50. The highest BCUT2D eigenvalue weighted by atomic mass is 32.2. The molecule has 1 N–H and O–H groups in total. The molecule has 1 saturated heterocycles. The van der Waals surface area contributed by atoms with E-state index in [1.165, 1.54) is 48.4 Å². The summed E-state index contributed by atoms with van der Waals surface area (Å²) in [6.45, 7) is 3.34. The van der Waals surface area contributed by atoms with Crippen LogP contribution in [-0.2, 0) is 26.2 Å². The van der Waals surface area contributed by atoms with Crippen LogP contribution >= 0.6 is 0 Å². The zero-order valence-corrected chi connectivity index (χ0v) is 19.7. The molecule has 1 aliphatic heterocycles. The van der Waals surface area contributed by atoms with Gasteiger partial charge < -0.3 is 15.0 Å². The van der Waals surface area contributed by atoms with E-state index in [2.05, 4.69) is 5.32 Å². The van der Waals surface area contributed by atoms with E-state index in [1.54, 1.807) is 19.1 Å². The fourth-order valence-electron chi connectivity index (χ4n) is 3.83. The zero-order valence-electron chi connectivity index (χ0n) is 18.9. The molecule has 2 amide bonds. The Morgan fingerprint density at radius 2 is 1.79 bits per heavy atom. The molecule has 0 bridgehead atoms. The Bertz CT molecular complexity index is 1110. The average Bonchev–Trinajstić information content (AvgIpc) is 2.80. The number of hydrogen-bond acceptors (Lipinski definition) is 5. The summed E-state index contributed by atoms with van der Waals surface area (Å²) in [7, 11) is -2.55. The highest BCUT2D eigenvalue weighted by molar-refractivity contribution is 7.89. The third-order valence-electron chi connectivity index (χ3n) is 5.69. The summed E-state index contributed by atoms with van der Waals surface area (Å²) in [5, 5.41) is 2.77. The summed E-state index contributed by atoms with van der Waals surface area (Å²) < 4.78 is 45.8. The second-order valence-corrected chi connectivity index (χ2v) is 10.0. The van der Waals surface area contributed by atoms with E-state index in [0.717, 1.165) is 4.31 Å². The molecule has 1 fully saturated rings. The minimum absolute atomic E-state index is 0.00844. The topological polar surface area (TPSA) is 96.0 Å². The van der Waals surface area contributed by atoms with Crippen LogP contribution in [-0.4, -0.2) is 61.7 Å². The number of carbonyl (C=O) groups excluding carboxylic acids is 2. The molecule has 0 aliphatic carbocycles. The van der Waals surface area contributed by atoms with Gasteiger partial charge in [-0.15, -0.1) is 0 Å². The number of rotatable bonds is 8. The maximum absolute atomic E-state index is 13.3. The van der Waals surface area contributed by atoms with Gasteiger partial charge in [0.15, 0.2) is 0 Å². The fourth-order valence-corrected chi connectivity index (χ4v) is 5.31. The summed E-state index contributed by atoms with van der Waals surface area (Å²) in [5.41, 5.74) is -0.731. The lowest BCUT2D eigenvalue weighted by atomic mass is 9.95. The Morgan fingerprint density at radius 1 is 1.15 bits per heavy atom. The number of amides is 2. The average molecular weight is 478 g/mol. The number of methoxy groups -OCH3 is 1. The van der Waals surface area contributed by atoms with E-state index in [4.69, 9.17) is 4.74 Å². The number of piperazine rings is 1. The summed E-state index contributed by atoms with van der Waals surface area (Å²) in [4.78, 5) is 27.7. The van der Waals surface area contributed by atoms with Crippen molar-refractivity contribution in [3.63, 3.8) is 0 Å². The highest BCUT2D eigenvalue weighted by Crippen LogP contribution is 2.28. The van der Waals surface area contributed by atoms with Crippen molar-refractivity contribution in [3.05, 3.63) is 59.9 Å². The van der Waals surface area contributed by atoms with Crippen molar-refractivity contribution in [2.75, 3.05) is 26.7 Å². The van der Waals surface area contributed by atoms with Gasteiger partial charge >= 0.3 is 0 Å². The quantitative estimate of drug-likeness (QED) is 0.629. The molecule has 33 heavy (non-hydrogen) atoms. The first-order valence-corrected chi connectivity index (χ1v) is 12.0. The first-order chi connectivity index (χ1) is 15.6. The lowest BCUT2D eigenvalue weighted by Gasteiger charge is -2.46. The van der Waals surface area contributed by atoms with Crippen LogP contribution in [0.5, 0.6) is 5.75 Å². The molecule has 1 atom stereocenters. The Balaban J connectivity index is 1.86. The molecular formula is C23H28FN3O5S. The number of benzene rings is 2. The Labute approximate surface area is 193 Å². The van der Waals surface area contributed by atoms with E-state index in [0.29, 0.717) is 24.3 Å². The minimum atomic E-state index is -4.03. The second-order valence-electron chi connectivity index (χ2n) is 8.08. The number of carbonyl (C=O) groups is 2. The Kier molecular flexibility index (Phi) is 7.38. The number of sulfonamides is 1. The Morgan fingerprint density at radius 3 is 2.36 bits per heavy atom. The first kappa shape index (κ1) is 24.7. The van der Waals surface area contributed by atoms with E-state index in [1.807, 2.05) is 6.92 Å². The zero-order chi connectivity index (χ0) is 24.2. The summed E-state index contributed by atoms with van der Waals surface area (Å²) in [5.74, 6) is -0.811. The van der Waals surface area contributed by atoms with Crippen LogP contribution in [0, 0.1) is 5.82 Å². The van der Waals surface area contributed by atoms with Crippen molar-refractivity contribution in [3.8, 4) is 5.75 Å². The predicted molar refractivity (Wildman–Crippen MR) is 120 cm³/mol. The first-order valence-electron chi connectivity index (χ1n) is 10.6. The maximum atomic E-state index is 13.3. The second kappa shape index (κ2) is 9.88. The lowest BCUT2D eigenvalue weighted by Crippen LogP contribution is -2.69. The third-order valence-corrected chi connectivity index (χ3v) is 7.50. The van der Waals surface area contributed by atoms with Crippen molar-refractivity contribution in [2.45, 2.75) is 37.2 Å². The van der Waals surface area contributed by atoms with Gasteiger partial charge in [-0.25, -0.2) is 12.8 Å². The molecule has 178 valence electrons. The van der Waals surface area contributed by atoms with Gasteiger partial charge in [-0.1, -0.05) is 19.1 Å². The van der Waals surface area contributed by atoms with Gasteiger partial charge in [0.05, 0.1) is 18.6 Å². The standard InChI is InChI=1S/C23H28FN3O5S/c1-4-13-27-21(28)15-26(33(30,31)20-11-9-19(32-3)10-12-20)16-23(27,2)22(29)25-14-17-5-7-18(24)8-6-17/h5-12H,4,13-16H2,1-3H3,(H,25,29)/t23-/m1/s1. The van der Waals surface area contributed by atoms with Crippen molar-refractivity contribution in [2.24, 2.45) is 0 Å².